The second-order valence-corrected chi connectivity index (χ2v) is 7.90. The number of fused-ring (bicyclic) bond motifs is 3. The smallest absolute Gasteiger partial charge is 0.324 e. The summed E-state index contributed by atoms with van der Waals surface area (Å²) in [7, 11) is 0. The quantitative estimate of drug-likeness (QED) is 0.532. The molecule has 0 radical (unpaired) electrons. The number of halogens is 1. The molecule has 0 saturated carbocycles. The van der Waals surface area contributed by atoms with E-state index >= 15 is 0 Å². The van der Waals surface area contributed by atoms with Crippen molar-refractivity contribution in [3.05, 3.63) is 74.4 Å². The van der Waals surface area contributed by atoms with Crippen LogP contribution in [0.4, 0.5) is 5.69 Å². The van der Waals surface area contributed by atoms with Crippen LogP contribution in [0.5, 0.6) is 0 Å². The Kier molecular flexibility index (Phi) is 5.17. The zero-order valence-electron chi connectivity index (χ0n) is 16.5. The lowest BCUT2D eigenvalue weighted by molar-refractivity contribution is -0.117. The van der Waals surface area contributed by atoms with Crippen molar-refractivity contribution in [2.24, 2.45) is 5.92 Å². The average Bonchev–Trinajstić information content (AvgIpc) is 3.01. The molecule has 30 heavy (non-hydrogen) atoms. The van der Waals surface area contributed by atoms with Crippen LogP contribution in [-0.4, -0.2) is 24.7 Å². The van der Waals surface area contributed by atoms with Gasteiger partial charge in [-0.2, -0.15) is 0 Å². The van der Waals surface area contributed by atoms with E-state index in [9.17, 15) is 14.4 Å². The number of nitrogens with one attached hydrogen (secondary N) is 1. The largest absolute Gasteiger partial charge is 0.352 e. The summed E-state index contributed by atoms with van der Waals surface area (Å²) in [5, 5.41) is 7.93. The highest BCUT2D eigenvalue weighted by molar-refractivity contribution is 6.30. The highest BCUT2D eigenvalue weighted by atomic mass is 35.5. The molecular formula is C21H20ClN5O3. The number of hydrogen-bond acceptors (Lipinski definition) is 4. The normalized spacial score (nSPS) is 11.5. The van der Waals surface area contributed by atoms with Crippen molar-refractivity contribution in [3.8, 4) is 0 Å². The molecule has 154 valence electrons. The molecule has 0 bridgehead atoms. The lowest BCUT2D eigenvalue weighted by Crippen LogP contribution is -2.29. The molecule has 0 aliphatic carbocycles. The molecule has 1 N–H and O–H groups in total. The first-order chi connectivity index (χ1) is 14.3. The minimum Gasteiger partial charge on any atom is -0.324 e. The Balaban J connectivity index is 1.81. The van der Waals surface area contributed by atoms with E-state index in [4.69, 9.17) is 11.6 Å². The lowest BCUT2D eigenvalue weighted by atomic mass is 10.2. The number of carbonyl (C=O) groups excluding carboxylic acids is 1. The van der Waals surface area contributed by atoms with Crippen LogP contribution in [0.1, 0.15) is 13.8 Å². The van der Waals surface area contributed by atoms with Crippen molar-refractivity contribution < 1.29 is 4.79 Å². The van der Waals surface area contributed by atoms with Gasteiger partial charge < -0.3 is 5.32 Å². The van der Waals surface area contributed by atoms with Crippen LogP contribution in [0.2, 0.25) is 5.02 Å². The van der Waals surface area contributed by atoms with Gasteiger partial charge in [0.1, 0.15) is 6.54 Å². The first-order valence-corrected chi connectivity index (χ1v) is 9.89. The minimum absolute atomic E-state index is 0.166. The Hall–Kier alpha value is -3.39. The number of para-hydroxylation sites is 1. The SMILES string of the molecule is CC(C)Cn1c(=O)c2ccccc2n2c(=O)n(CC(=O)Nc3cccc(Cl)c3)nc12. The zero-order valence-corrected chi connectivity index (χ0v) is 17.3. The molecule has 0 aliphatic heterocycles. The van der Waals surface area contributed by atoms with Crippen molar-refractivity contribution in [2.45, 2.75) is 26.9 Å². The van der Waals surface area contributed by atoms with Crippen LogP contribution >= 0.6 is 11.6 Å². The summed E-state index contributed by atoms with van der Waals surface area (Å²) >= 11 is 5.94. The van der Waals surface area contributed by atoms with Gasteiger partial charge in [0.05, 0.1) is 10.9 Å². The Morgan fingerprint density at radius 2 is 1.90 bits per heavy atom. The zero-order chi connectivity index (χ0) is 21.4. The van der Waals surface area contributed by atoms with Gasteiger partial charge in [0.15, 0.2) is 0 Å². The number of carbonyl (C=O) groups is 1. The predicted molar refractivity (Wildman–Crippen MR) is 116 cm³/mol. The number of rotatable bonds is 5. The molecule has 2 heterocycles. The fourth-order valence-corrected chi connectivity index (χ4v) is 3.59. The van der Waals surface area contributed by atoms with E-state index in [0.717, 1.165) is 4.68 Å². The van der Waals surface area contributed by atoms with Crippen LogP contribution in [-0.2, 0) is 17.9 Å². The highest BCUT2D eigenvalue weighted by Crippen LogP contribution is 2.15. The van der Waals surface area contributed by atoms with Gasteiger partial charge in [-0.1, -0.05) is 43.6 Å². The number of aromatic nitrogens is 4. The topological polar surface area (TPSA) is 90.4 Å². The van der Waals surface area contributed by atoms with Gasteiger partial charge in [0, 0.05) is 17.3 Å². The van der Waals surface area contributed by atoms with E-state index in [1.54, 1.807) is 48.5 Å². The van der Waals surface area contributed by atoms with Gasteiger partial charge in [-0.25, -0.2) is 13.9 Å². The van der Waals surface area contributed by atoms with Gasteiger partial charge >= 0.3 is 5.69 Å². The summed E-state index contributed by atoms with van der Waals surface area (Å²) in [5.41, 5.74) is 0.280. The maximum absolute atomic E-state index is 13.1. The van der Waals surface area contributed by atoms with E-state index in [1.807, 2.05) is 13.8 Å². The summed E-state index contributed by atoms with van der Waals surface area (Å²) < 4.78 is 3.93. The van der Waals surface area contributed by atoms with E-state index in [-0.39, 0.29) is 23.8 Å². The number of amides is 1. The molecule has 0 spiro atoms. The Labute approximate surface area is 176 Å². The van der Waals surface area contributed by atoms with Gasteiger partial charge in [-0.3, -0.25) is 14.2 Å². The predicted octanol–water partition coefficient (Wildman–Crippen LogP) is 2.76. The maximum Gasteiger partial charge on any atom is 0.352 e. The van der Waals surface area contributed by atoms with E-state index in [0.29, 0.717) is 28.2 Å². The summed E-state index contributed by atoms with van der Waals surface area (Å²) in [6.45, 7) is 4.06. The summed E-state index contributed by atoms with van der Waals surface area (Å²) in [5.74, 6) is -0.0446. The summed E-state index contributed by atoms with van der Waals surface area (Å²) in [6.07, 6.45) is 0. The highest BCUT2D eigenvalue weighted by Gasteiger charge is 2.19. The fourth-order valence-electron chi connectivity index (χ4n) is 3.40. The standard InChI is InChI=1S/C21H20ClN5O3/c1-13(2)11-25-19(29)16-8-3-4-9-17(16)27-20(25)24-26(21(27)30)12-18(28)23-15-7-5-6-14(22)10-15/h3-10,13H,11-12H2,1-2H3,(H,23,28). The Morgan fingerprint density at radius 1 is 1.13 bits per heavy atom. The number of benzene rings is 2. The number of anilines is 1. The number of hydrogen-bond donors (Lipinski definition) is 1. The molecule has 0 unspecified atom stereocenters. The van der Waals surface area contributed by atoms with Gasteiger partial charge in [0.2, 0.25) is 11.7 Å². The van der Waals surface area contributed by atoms with Gasteiger partial charge in [0.25, 0.3) is 5.56 Å². The van der Waals surface area contributed by atoms with Crippen LogP contribution in [0, 0.1) is 5.92 Å². The van der Waals surface area contributed by atoms with E-state index in [1.165, 1.54) is 8.97 Å². The summed E-state index contributed by atoms with van der Waals surface area (Å²) in [6, 6.07) is 13.6. The molecule has 0 aliphatic rings. The molecule has 4 rings (SSSR count). The van der Waals surface area contributed by atoms with Gasteiger partial charge in [-0.15, -0.1) is 5.10 Å². The van der Waals surface area contributed by atoms with Crippen LogP contribution in [0.15, 0.2) is 58.1 Å². The average molecular weight is 426 g/mol. The Bertz CT molecular complexity index is 1380. The van der Waals surface area contributed by atoms with Crippen LogP contribution in [0.3, 0.4) is 0 Å². The van der Waals surface area contributed by atoms with Crippen molar-refractivity contribution in [1.29, 1.82) is 0 Å². The van der Waals surface area contributed by atoms with Crippen molar-refractivity contribution in [3.63, 3.8) is 0 Å². The van der Waals surface area contributed by atoms with Crippen LogP contribution in [0.25, 0.3) is 16.7 Å². The lowest BCUT2D eigenvalue weighted by Gasteiger charge is -2.11. The minimum atomic E-state index is -0.486. The number of nitrogens with zero attached hydrogens (tertiary/aromatic N) is 4. The monoisotopic (exact) mass is 425 g/mol. The molecule has 0 atom stereocenters. The fraction of sp³-hybridized carbons (Fsp3) is 0.238. The second-order valence-electron chi connectivity index (χ2n) is 7.46. The molecular weight excluding hydrogens is 406 g/mol. The maximum atomic E-state index is 13.1. The van der Waals surface area contributed by atoms with Gasteiger partial charge in [-0.05, 0) is 36.2 Å². The second kappa shape index (κ2) is 7.79. The first-order valence-electron chi connectivity index (χ1n) is 9.51. The molecule has 2 aromatic carbocycles. The van der Waals surface area contributed by atoms with Crippen molar-refractivity contribution in [1.82, 2.24) is 18.7 Å². The molecule has 0 saturated heterocycles. The third-order valence-corrected chi connectivity index (χ3v) is 4.87. The molecule has 4 aromatic rings. The van der Waals surface area contributed by atoms with E-state index < -0.39 is 11.6 Å². The molecule has 0 fully saturated rings. The van der Waals surface area contributed by atoms with Crippen molar-refractivity contribution >= 4 is 39.9 Å². The third-order valence-electron chi connectivity index (χ3n) is 4.63. The van der Waals surface area contributed by atoms with Crippen molar-refractivity contribution in [2.75, 3.05) is 5.32 Å². The Morgan fingerprint density at radius 3 is 2.63 bits per heavy atom. The molecule has 2 aromatic heterocycles. The van der Waals surface area contributed by atoms with Crippen LogP contribution < -0.4 is 16.6 Å². The third kappa shape index (κ3) is 3.61. The first kappa shape index (κ1) is 19.9. The molecule has 9 heteroatoms. The molecule has 1 amide bonds. The summed E-state index contributed by atoms with van der Waals surface area (Å²) in [4.78, 5) is 38.6. The molecule has 8 nitrogen and oxygen atoms in total. The van der Waals surface area contributed by atoms with E-state index in [2.05, 4.69) is 10.4 Å².